The largest absolute Gasteiger partial charge is 0.444 e. The van der Waals surface area contributed by atoms with E-state index in [-0.39, 0.29) is 19.0 Å². The van der Waals surface area contributed by atoms with Crippen molar-refractivity contribution in [2.45, 2.75) is 78.6 Å². The molecule has 3 amide bonds. The highest BCUT2D eigenvalue weighted by molar-refractivity contribution is 5.92. The third-order valence-corrected chi connectivity index (χ3v) is 5.35. The highest BCUT2D eigenvalue weighted by Crippen LogP contribution is 2.25. The summed E-state index contributed by atoms with van der Waals surface area (Å²) in [4.78, 5) is 41.4. The summed E-state index contributed by atoms with van der Waals surface area (Å²) in [5.41, 5.74) is 2.48. The molecule has 0 aliphatic carbocycles. The summed E-state index contributed by atoms with van der Waals surface area (Å²) in [7, 11) is 0. The summed E-state index contributed by atoms with van der Waals surface area (Å²) in [6.45, 7) is 12.3. The van der Waals surface area contributed by atoms with Gasteiger partial charge in [-0.2, -0.15) is 5.26 Å². The van der Waals surface area contributed by atoms with Crippen LogP contribution in [0.1, 0.15) is 62.9 Å². The average Bonchev–Trinajstić information content (AvgIpc) is 2.76. The molecule has 0 aliphatic heterocycles. The number of amides is 3. The Morgan fingerprint density at radius 1 is 1.00 bits per heavy atom. The molecule has 0 saturated carbocycles. The van der Waals surface area contributed by atoms with E-state index in [0.29, 0.717) is 5.56 Å². The van der Waals surface area contributed by atoms with Gasteiger partial charge in [0.15, 0.2) is 0 Å². The third-order valence-electron chi connectivity index (χ3n) is 5.35. The number of alkyl carbamates (subject to hydrolysis) is 1. The summed E-state index contributed by atoms with van der Waals surface area (Å²) in [6.07, 6.45) is -0.597. The van der Waals surface area contributed by atoms with E-state index in [1.807, 2.05) is 82.3 Å². The van der Waals surface area contributed by atoms with Gasteiger partial charge in [0.25, 0.3) is 0 Å². The van der Waals surface area contributed by atoms with Crippen LogP contribution in [0.4, 0.5) is 4.79 Å². The maximum absolute atomic E-state index is 14.0. The number of aryl methyl sites for hydroxylation is 2. The minimum absolute atomic E-state index is 0.159. The van der Waals surface area contributed by atoms with Crippen molar-refractivity contribution in [3.63, 3.8) is 0 Å². The maximum atomic E-state index is 14.0. The molecule has 198 valence electrons. The normalized spacial score (nSPS) is 12.7. The Kier molecular flexibility index (Phi) is 10.2. The van der Waals surface area contributed by atoms with Crippen LogP contribution in [0, 0.1) is 25.2 Å². The minimum Gasteiger partial charge on any atom is -0.444 e. The average molecular weight is 507 g/mol. The van der Waals surface area contributed by atoms with Gasteiger partial charge in [-0.1, -0.05) is 59.7 Å². The van der Waals surface area contributed by atoms with Crippen LogP contribution in [0.15, 0.2) is 48.5 Å². The van der Waals surface area contributed by atoms with E-state index in [4.69, 9.17) is 4.74 Å². The highest BCUT2D eigenvalue weighted by Gasteiger charge is 2.36. The van der Waals surface area contributed by atoms with Gasteiger partial charge in [0, 0.05) is 12.5 Å². The van der Waals surface area contributed by atoms with Gasteiger partial charge in [-0.15, -0.1) is 0 Å². The summed E-state index contributed by atoms with van der Waals surface area (Å²) in [5.74, 6) is -0.960. The number of benzene rings is 2. The number of carbonyl (C=O) groups excluding carboxylic acids is 3. The van der Waals surface area contributed by atoms with Crippen LogP contribution in [0.5, 0.6) is 0 Å². The van der Waals surface area contributed by atoms with Crippen molar-refractivity contribution >= 4 is 17.9 Å². The Hall–Kier alpha value is -3.86. The number of rotatable bonds is 9. The predicted molar refractivity (Wildman–Crippen MR) is 143 cm³/mol. The van der Waals surface area contributed by atoms with E-state index in [9.17, 15) is 19.6 Å². The van der Waals surface area contributed by atoms with Crippen LogP contribution in [-0.2, 0) is 20.7 Å². The molecule has 0 aromatic heterocycles. The zero-order chi connectivity index (χ0) is 27.8. The minimum atomic E-state index is -1.06. The Morgan fingerprint density at radius 2 is 1.59 bits per heavy atom. The molecular formula is C29H38N4O4. The van der Waals surface area contributed by atoms with Crippen molar-refractivity contribution in [3.05, 3.63) is 70.8 Å². The number of carbonyl (C=O) groups is 3. The fourth-order valence-corrected chi connectivity index (χ4v) is 4.08. The number of hydrogen-bond donors (Lipinski definition) is 2. The first kappa shape index (κ1) is 29.4. The van der Waals surface area contributed by atoms with Crippen LogP contribution in [0.3, 0.4) is 0 Å². The molecule has 8 heteroatoms. The maximum Gasteiger partial charge on any atom is 0.408 e. The van der Waals surface area contributed by atoms with E-state index < -0.39 is 35.6 Å². The summed E-state index contributed by atoms with van der Waals surface area (Å²) in [5, 5.41) is 15.2. The first-order valence-corrected chi connectivity index (χ1v) is 12.4. The molecule has 0 heterocycles. The van der Waals surface area contributed by atoms with Gasteiger partial charge in [0.1, 0.15) is 24.2 Å². The molecule has 2 aromatic carbocycles. The summed E-state index contributed by atoms with van der Waals surface area (Å²) in [6, 6.07) is 14.6. The van der Waals surface area contributed by atoms with Crippen molar-refractivity contribution in [1.82, 2.24) is 15.5 Å². The van der Waals surface area contributed by atoms with Crippen LogP contribution < -0.4 is 10.6 Å². The summed E-state index contributed by atoms with van der Waals surface area (Å²) >= 11 is 0. The van der Waals surface area contributed by atoms with E-state index in [1.165, 1.54) is 4.90 Å². The van der Waals surface area contributed by atoms with Gasteiger partial charge >= 0.3 is 6.09 Å². The van der Waals surface area contributed by atoms with Gasteiger partial charge in [-0.25, -0.2) is 4.79 Å². The van der Waals surface area contributed by atoms with E-state index in [1.54, 1.807) is 20.8 Å². The molecule has 2 unspecified atom stereocenters. The Labute approximate surface area is 220 Å². The number of ether oxygens (including phenoxy) is 1. The monoisotopic (exact) mass is 506 g/mol. The van der Waals surface area contributed by atoms with E-state index in [0.717, 1.165) is 16.7 Å². The first-order chi connectivity index (χ1) is 17.3. The molecule has 0 aliphatic rings. The quantitative estimate of drug-likeness (QED) is 0.491. The van der Waals surface area contributed by atoms with Gasteiger partial charge in [0.2, 0.25) is 11.8 Å². The molecule has 2 rings (SSSR count). The lowest BCUT2D eigenvalue weighted by molar-refractivity contribution is -0.142. The molecule has 2 N–H and O–H groups in total. The summed E-state index contributed by atoms with van der Waals surface area (Å²) < 4.78 is 5.41. The number of hydrogen-bond acceptors (Lipinski definition) is 5. The second-order valence-corrected chi connectivity index (χ2v) is 10.5. The van der Waals surface area contributed by atoms with E-state index >= 15 is 0 Å². The van der Waals surface area contributed by atoms with Crippen LogP contribution >= 0.6 is 0 Å². The lowest BCUT2D eigenvalue weighted by Crippen LogP contribution is -2.54. The number of nitriles is 1. The first-order valence-electron chi connectivity index (χ1n) is 12.4. The van der Waals surface area contributed by atoms with Gasteiger partial charge in [-0.3, -0.25) is 9.59 Å². The standard InChI is InChI=1S/C29H38N4O4/c1-19(2)31-26(34)25(23-16-20(3)15-21(4)17-23)33(14-13-30)27(35)24(18-22-11-9-8-10-12-22)32-28(36)37-29(5,6)7/h8-12,15-17,19,24-25H,14,18H2,1-7H3,(H,31,34)(H,32,36). The zero-order valence-electron chi connectivity index (χ0n) is 22.8. The molecule has 0 radical (unpaired) electrons. The molecule has 0 bridgehead atoms. The Morgan fingerprint density at radius 3 is 2.11 bits per heavy atom. The second-order valence-electron chi connectivity index (χ2n) is 10.5. The van der Waals surface area contributed by atoms with Gasteiger partial charge < -0.3 is 20.3 Å². The topological polar surface area (TPSA) is 112 Å². The Balaban J connectivity index is 2.55. The van der Waals surface area contributed by atoms with Gasteiger partial charge in [-0.05, 0) is 59.6 Å². The third kappa shape index (κ3) is 9.26. The molecular weight excluding hydrogens is 468 g/mol. The van der Waals surface area contributed by atoms with Crippen molar-refractivity contribution < 1.29 is 19.1 Å². The Bertz CT molecular complexity index is 1110. The molecule has 0 spiro atoms. The molecule has 2 atom stereocenters. The van der Waals surface area contributed by atoms with Gasteiger partial charge in [0.05, 0.1) is 6.07 Å². The predicted octanol–water partition coefficient (Wildman–Crippen LogP) is 4.36. The molecule has 8 nitrogen and oxygen atoms in total. The van der Waals surface area contributed by atoms with Crippen molar-refractivity contribution in [3.8, 4) is 6.07 Å². The lowest BCUT2D eigenvalue weighted by atomic mass is 9.97. The van der Waals surface area contributed by atoms with Crippen LogP contribution in [-0.4, -0.2) is 47.0 Å². The fourth-order valence-electron chi connectivity index (χ4n) is 4.08. The van der Waals surface area contributed by atoms with E-state index in [2.05, 4.69) is 10.6 Å². The van der Waals surface area contributed by atoms with Crippen molar-refractivity contribution in [2.75, 3.05) is 6.54 Å². The van der Waals surface area contributed by atoms with Crippen molar-refractivity contribution in [2.24, 2.45) is 0 Å². The smallest absolute Gasteiger partial charge is 0.408 e. The zero-order valence-corrected chi connectivity index (χ0v) is 22.8. The second kappa shape index (κ2) is 12.9. The fraction of sp³-hybridized carbons (Fsp3) is 0.448. The molecule has 37 heavy (non-hydrogen) atoms. The molecule has 0 fully saturated rings. The SMILES string of the molecule is Cc1cc(C)cc(C(C(=O)NC(C)C)N(CC#N)C(=O)C(Cc2ccccc2)NC(=O)OC(C)(C)C)c1. The highest BCUT2D eigenvalue weighted by atomic mass is 16.6. The van der Waals surface area contributed by atoms with Crippen molar-refractivity contribution in [1.29, 1.82) is 5.26 Å². The molecule has 2 aromatic rings. The number of nitrogens with zero attached hydrogens (tertiary/aromatic N) is 2. The lowest BCUT2D eigenvalue weighted by Gasteiger charge is -2.33. The van der Waals surface area contributed by atoms with Crippen LogP contribution in [0.2, 0.25) is 0 Å². The molecule has 0 saturated heterocycles. The van der Waals surface area contributed by atoms with Crippen LogP contribution in [0.25, 0.3) is 0 Å². The number of nitrogens with one attached hydrogen (secondary N) is 2.